The highest BCUT2D eigenvalue weighted by Crippen LogP contribution is 2.07. The molecule has 2 rings (SSSR count). The molecule has 4 heteroatoms. The predicted octanol–water partition coefficient (Wildman–Crippen LogP) is 2.60. The molecule has 0 fully saturated rings. The topological polar surface area (TPSA) is 54.9 Å². The van der Waals surface area contributed by atoms with Crippen molar-refractivity contribution < 1.29 is 4.79 Å². The molecule has 0 bridgehead atoms. The number of benzene rings is 1. The van der Waals surface area contributed by atoms with Crippen LogP contribution in [0, 0.1) is 6.92 Å². The van der Waals surface area contributed by atoms with Crippen LogP contribution < -0.4 is 5.32 Å². The zero-order valence-electron chi connectivity index (χ0n) is 12.6. The van der Waals surface area contributed by atoms with E-state index >= 15 is 0 Å². The van der Waals surface area contributed by atoms with Crippen LogP contribution in [0.4, 0.5) is 0 Å². The molecule has 2 aromatic rings. The molecule has 0 radical (unpaired) electrons. The smallest absolute Gasteiger partial charge is 0.220 e. The first-order valence-corrected chi connectivity index (χ1v) is 7.31. The molecule has 1 aromatic carbocycles. The monoisotopic (exact) mass is 283 g/mol. The molecule has 0 aliphatic rings. The number of hydrogen-bond donors (Lipinski definition) is 1. The maximum absolute atomic E-state index is 11.8. The zero-order chi connectivity index (χ0) is 15.1. The van der Waals surface area contributed by atoms with E-state index in [9.17, 15) is 4.79 Å². The summed E-state index contributed by atoms with van der Waals surface area (Å²) in [6.45, 7) is 4.45. The standard InChI is InChI=1S/C17H21N3O/c1-3-14-5-7-15(8-6-14)9-11-17(21)18-12-16-10-4-13(2)19-20-16/h4-8,10H,3,9,11-12H2,1-2H3,(H,18,21). The van der Waals surface area contributed by atoms with Gasteiger partial charge in [-0.15, -0.1) is 0 Å². The number of carbonyl (C=O) groups excluding carboxylic acids is 1. The third kappa shape index (κ3) is 4.99. The van der Waals surface area contributed by atoms with E-state index < -0.39 is 0 Å². The van der Waals surface area contributed by atoms with Gasteiger partial charge in [0.2, 0.25) is 5.91 Å². The van der Waals surface area contributed by atoms with Gasteiger partial charge in [-0.2, -0.15) is 10.2 Å². The molecule has 0 atom stereocenters. The second-order valence-electron chi connectivity index (χ2n) is 5.11. The molecule has 0 aliphatic carbocycles. The van der Waals surface area contributed by atoms with Gasteiger partial charge in [0, 0.05) is 6.42 Å². The minimum Gasteiger partial charge on any atom is -0.350 e. The molecule has 21 heavy (non-hydrogen) atoms. The van der Waals surface area contributed by atoms with Gasteiger partial charge < -0.3 is 5.32 Å². The Morgan fingerprint density at radius 1 is 1.05 bits per heavy atom. The van der Waals surface area contributed by atoms with Gasteiger partial charge in [0.1, 0.15) is 0 Å². The number of nitrogens with zero attached hydrogens (tertiary/aromatic N) is 2. The van der Waals surface area contributed by atoms with Crippen molar-refractivity contribution in [3.63, 3.8) is 0 Å². The fourth-order valence-corrected chi connectivity index (χ4v) is 2.00. The van der Waals surface area contributed by atoms with Crippen molar-refractivity contribution in [2.24, 2.45) is 0 Å². The van der Waals surface area contributed by atoms with Crippen molar-refractivity contribution >= 4 is 5.91 Å². The summed E-state index contributed by atoms with van der Waals surface area (Å²) in [7, 11) is 0. The van der Waals surface area contributed by atoms with Crippen LogP contribution in [0.1, 0.15) is 35.9 Å². The fraction of sp³-hybridized carbons (Fsp3) is 0.353. The van der Waals surface area contributed by atoms with Crippen LogP contribution in [0.2, 0.25) is 0 Å². The Hall–Kier alpha value is -2.23. The number of rotatable bonds is 6. The van der Waals surface area contributed by atoms with Gasteiger partial charge in [-0.1, -0.05) is 31.2 Å². The van der Waals surface area contributed by atoms with Crippen LogP contribution in [0.3, 0.4) is 0 Å². The van der Waals surface area contributed by atoms with Gasteiger partial charge in [0.25, 0.3) is 0 Å². The number of aromatic nitrogens is 2. The lowest BCUT2D eigenvalue weighted by atomic mass is 10.1. The maximum Gasteiger partial charge on any atom is 0.220 e. The summed E-state index contributed by atoms with van der Waals surface area (Å²) in [5.74, 6) is 0.0388. The van der Waals surface area contributed by atoms with Crippen LogP contribution in [0.25, 0.3) is 0 Å². The molecule has 0 unspecified atom stereocenters. The van der Waals surface area contributed by atoms with Gasteiger partial charge in [0.05, 0.1) is 17.9 Å². The van der Waals surface area contributed by atoms with E-state index in [0.717, 1.165) is 24.2 Å². The molecular weight excluding hydrogens is 262 g/mol. The van der Waals surface area contributed by atoms with Crippen LogP contribution in [-0.4, -0.2) is 16.1 Å². The lowest BCUT2D eigenvalue weighted by Gasteiger charge is -2.05. The summed E-state index contributed by atoms with van der Waals surface area (Å²) in [6.07, 6.45) is 2.29. The average molecular weight is 283 g/mol. The highest BCUT2D eigenvalue weighted by molar-refractivity contribution is 5.76. The molecule has 1 heterocycles. The molecule has 0 spiro atoms. The molecule has 0 saturated heterocycles. The van der Waals surface area contributed by atoms with E-state index in [1.807, 2.05) is 19.1 Å². The summed E-state index contributed by atoms with van der Waals surface area (Å²) in [6, 6.07) is 12.2. The van der Waals surface area contributed by atoms with E-state index in [0.29, 0.717) is 13.0 Å². The Balaban J connectivity index is 1.75. The highest BCUT2D eigenvalue weighted by atomic mass is 16.1. The van der Waals surface area contributed by atoms with Gasteiger partial charge in [0.15, 0.2) is 0 Å². The predicted molar refractivity (Wildman–Crippen MR) is 82.8 cm³/mol. The molecule has 1 aromatic heterocycles. The first-order valence-electron chi connectivity index (χ1n) is 7.31. The normalized spacial score (nSPS) is 10.4. The SMILES string of the molecule is CCc1ccc(CCC(=O)NCc2ccc(C)nn2)cc1. The molecule has 110 valence electrons. The van der Waals surface area contributed by atoms with Gasteiger partial charge >= 0.3 is 0 Å². The fourth-order valence-electron chi connectivity index (χ4n) is 2.00. The Morgan fingerprint density at radius 2 is 1.76 bits per heavy atom. The van der Waals surface area contributed by atoms with E-state index in [1.54, 1.807) is 0 Å². The molecule has 1 N–H and O–H groups in total. The molecular formula is C17H21N3O. The summed E-state index contributed by atoms with van der Waals surface area (Å²) >= 11 is 0. The number of hydrogen-bond acceptors (Lipinski definition) is 3. The van der Waals surface area contributed by atoms with Gasteiger partial charge in [-0.25, -0.2) is 0 Å². The lowest BCUT2D eigenvalue weighted by molar-refractivity contribution is -0.121. The third-order valence-electron chi connectivity index (χ3n) is 3.39. The van der Waals surface area contributed by atoms with Crippen molar-refractivity contribution in [1.82, 2.24) is 15.5 Å². The Morgan fingerprint density at radius 3 is 2.38 bits per heavy atom. The Bertz CT molecular complexity index is 576. The largest absolute Gasteiger partial charge is 0.350 e. The second kappa shape index (κ2) is 7.53. The number of nitrogens with one attached hydrogen (secondary N) is 1. The highest BCUT2D eigenvalue weighted by Gasteiger charge is 2.03. The van der Waals surface area contributed by atoms with E-state index in [1.165, 1.54) is 11.1 Å². The van der Waals surface area contributed by atoms with Crippen LogP contribution >= 0.6 is 0 Å². The average Bonchev–Trinajstić information content (AvgIpc) is 2.53. The van der Waals surface area contributed by atoms with Crippen molar-refractivity contribution in [3.8, 4) is 0 Å². The third-order valence-corrected chi connectivity index (χ3v) is 3.39. The van der Waals surface area contributed by atoms with Gasteiger partial charge in [-0.05, 0) is 43.0 Å². The van der Waals surface area contributed by atoms with E-state index in [2.05, 4.69) is 46.7 Å². The summed E-state index contributed by atoms with van der Waals surface area (Å²) in [4.78, 5) is 11.8. The van der Waals surface area contributed by atoms with Crippen molar-refractivity contribution in [1.29, 1.82) is 0 Å². The van der Waals surface area contributed by atoms with Crippen LogP contribution in [0.5, 0.6) is 0 Å². The minimum absolute atomic E-state index is 0.0388. The van der Waals surface area contributed by atoms with E-state index in [4.69, 9.17) is 0 Å². The van der Waals surface area contributed by atoms with Crippen LogP contribution in [0.15, 0.2) is 36.4 Å². The Kier molecular flexibility index (Phi) is 5.43. The quantitative estimate of drug-likeness (QED) is 0.886. The molecule has 4 nitrogen and oxygen atoms in total. The van der Waals surface area contributed by atoms with Crippen molar-refractivity contribution in [2.45, 2.75) is 39.7 Å². The minimum atomic E-state index is 0.0388. The van der Waals surface area contributed by atoms with Gasteiger partial charge in [-0.3, -0.25) is 4.79 Å². The first kappa shape index (κ1) is 15.2. The number of amides is 1. The second-order valence-corrected chi connectivity index (χ2v) is 5.11. The zero-order valence-corrected chi connectivity index (χ0v) is 12.6. The Labute approximate surface area is 125 Å². The number of aryl methyl sites for hydroxylation is 3. The summed E-state index contributed by atoms with van der Waals surface area (Å²) in [5, 5.41) is 10.9. The summed E-state index contributed by atoms with van der Waals surface area (Å²) in [5.41, 5.74) is 4.17. The molecule has 1 amide bonds. The van der Waals surface area contributed by atoms with Crippen molar-refractivity contribution in [2.75, 3.05) is 0 Å². The van der Waals surface area contributed by atoms with Crippen molar-refractivity contribution in [3.05, 3.63) is 58.9 Å². The first-order chi connectivity index (χ1) is 10.2. The number of carbonyl (C=O) groups is 1. The van der Waals surface area contributed by atoms with E-state index in [-0.39, 0.29) is 5.91 Å². The summed E-state index contributed by atoms with van der Waals surface area (Å²) < 4.78 is 0. The lowest BCUT2D eigenvalue weighted by Crippen LogP contribution is -2.23. The maximum atomic E-state index is 11.8. The molecule has 0 saturated carbocycles. The molecule has 0 aliphatic heterocycles. The van der Waals surface area contributed by atoms with Crippen LogP contribution in [-0.2, 0) is 24.2 Å².